The van der Waals surface area contributed by atoms with E-state index in [1.54, 1.807) is 0 Å². The molecular formula is C23H28N4O2. The van der Waals surface area contributed by atoms with Gasteiger partial charge in [0.15, 0.2) is 0 Å². The summed E-state index contributed by atoms with van der Waals surface area (Å²) in [6, 6.07) is 17.7. The van der Waals surface area contributed by atoms with Gasteiger partial charge in [-0.05, 0) is 29.8 Å². The molecule has 2 aliphatic rings. The molecule has 29 heavy (non-hydrogen) atoms. The van der Waals surface area contributed by atoms with Crippen molar-refractivity contribution < 1.29 is 9.59 Å². The summed E-state index contributed by atoms with van der Waals surface area (Å²) >= 11 is 0. The third kappa shape index (κ3) is 4.18. The van der Waals surface area contributed by atoms with Crippen LogP contribution in [0.2, 0.25) is 0 Å². The third-order valence-electron chi connectivity index (χ3n) is 5.84. The number of benzene rings is 2. The van der Waals surface area contributed by atoms with Crippen molar-refractivity contribution in [3.05, 3.63) is 60.2 Å². The number of hydrogen-bond donors (Lipinski definition) is 0. The molecule has 2 aliphatic heterocycles. The van der Waals surface area contributed by atoms with Crippen LogP contribution in [0.4, 0.5) is 11.4 Å². The Bertz CT molecular complexity index is 858. The van der Waals surface area contributed by atoms with Gasteiger partial charge in [-0.15, -0.1) is 0 Å². The van der Waals surface area contributed by atoms with Crippen LogP contribution in [0.3, 0.4) is 0 Å². The van der Waals surface area contributed by atoms with Crippen LogP contribution in [-0.2, 0) is 16.1 Å². The van der Waals surface area contributed by atoms with Gasteiger partial charge in [0.25, 0.3) is 5.91 Å². The predicted octanol–water partition coefficient (Wildman–Crippen LogP) is 2.20. The topological polar surface area (TPSA) is 47.1 Å². The zero-order valence-electron chi connectivity index (χ0n) is 17.1. The molecule has 6 nitrogen and oxygen atoms in total. The number of carbonyl (C=O) groups excluding carboxylic acids is 2. The van der Waals surface area contributed by atoms with Crippen LogP contribution in [0.1, 0.15) is 12.0 Å². The summed E-state index contributed by atoms with van der Waals surface area (Å²) in [6.45, 7) is 4.36. The summed E-state index contributed by atoms with van der Waals surface area (Å²) in [6.07, 6.45) is 0.271. The van der Waals surface area contributed by atoms with Gasteiger partial charge in [-0.25, -0.2) is 4.90 Å². The first-order valence-electron chi connectivity index (χ1n) is 10.2. The highest BCUT2D eigenvalue weighted by Crippen LogP contribution is 2.28. The molecule has 2 heterocycles. The minimum Gasteiger partial charge on any atom is -0.378 e. The Morgan fingerprint density at radius 3 is 2.17 bits per heavy atom. The molecule has 0 spiro atoms. The van der Waals surface area contributed by atoms with Gasteiger partial charge in [-0.3, -0.25) is 19.4 Å². The Morgan fingerprint density at radius 1 is 0.897 bits per heavy atom. The van der Waals surface area contributed by atoms with Gasteiger partial charge in [0.1, 0.15) is 0 Å². The second-order valence-electron chi connectivity index (χ2n) is 8.00. The molecule has 2 fully saturated rings. The maximum absolute atomic E-state index is 13.0. The average Bonchev–Trinajstić information content (AvgIpc) is 3.03. The van der Waals surface area contributed by atoms with Gasteiger partial charge < -0.3 is 4.90 Å². The van der Waals surface area contributed by atoms with E-state index in [9.17, 15) is 9.59 Å². The fourth-order valence-corrected chi connectivity index (χ4v) is 4.15. The Labute approximate surface area is 172 Å². The van der Waals surface area contributed by atoms with Crippen molar-refractivity contribution in [3.63, 3.8) is 0 Å². The molecule has 2 amide bonds. The van der Waals surface area contributed by atoms with Gasteiger partial charge >= 0.3 is 0 Å². The molecule has 0 aromatic heterocycles. The molecular weight excluding hydrogens is 364 g/mol. The van der Waals surface area contributed by atoms with Crippen molar-refractivity contribution in [1.82, 2.24) is 9.80 Å². The van der Waals surface area contributed by atoms with Crippen LogP contribution in [0.5, 0.6) is 0 Å². The maximum Gasteiger partial charge on any atom is 0.251 e. The monoisotopic (exact) mass is 392 g/mol. The zero-order valence-corrected chi connectivity index (χ0v) is 17.1. The highest BCUT2D eigenvalue weighted by atomic mass is 16.2. The molecule has 0 aliphatic carbocycles. The van der Waals surface area contributed by atoms with Crippen LogP contribution >= 0.6 is 0 Å². The van der Waals surface area contributed by atoms with E-state index < -0.39 is 0 Å². The van der Waals surface area contributed by atoms with Gasteiger partial charge in [0.2, 0.25) is 5.91 Å². The number of anilines is 2. The lowest BCUT2D eigenvalue weighted by Crippen LogP contribution is -2.52. The van der Waals surface area contributed by atoms with Crippen LogP contribution in [0.25, 0.3) is 0 Å². The van der Waals surface area contributed by atoms with E-state index in [1.807, 2.05) is 49.3 Å². The van der Waals surface area contributed by atoms with Crippen LogP contribution in [-0.4, -0.2) is 67.9 Å². The number of nitrogens with zero attached hydrogens (tertiary/aromatic N) is 4. The van der Waals surface area contributed by atoms with E-state index in [0.717, 1.165) is 38.4 Å². The summed E-state index contributed by atoms with van der Waals surface area (Å²) in [4.78, 5) is 33.6. The van der Waals surface area contributed by atoms with Crippen molar-refractivity contribution >= 4 is 23.2 Å². The largest absolute Gasteiger partial charge is 0.378 e. The van der Waals surface area contributed by atoms with Gasteiger partial charge in [0, 0.05) is 52.5 Å². The number of piperazine rings is 1. The van der Waals surface area contributed by atoms with E-state index in [1.165, 1.54) is 10.5 Å². The smallest absolute Gasteiger partial charge is 0.251 e. The molecule has 0 N–H and O–H groups in total. The molecule has 152 valence electrons. The van der Waals surface area contributed by atoms with E-state index >= 15 is 0 Å². The van der Waals surface area contributed by atoms with E-state index in [4.69, 9.17) is 0 Å². The zero-order chi connectivity index (χ0) is 20.4. The van der Waals surface area contributed by atoms with Crippen molar-refractivity contribution in [2.75, 3.05) is 50.1 Å². The molecule has 0 unspecified atom stereocenters. The first-order valence-corrected chi connectivity index (χ1v) is 10.2. The Hall–Kier alpha value is -2.70. The lowest BCUT2D eigenvalue weighted by atomic mass is 10.1. The lowest BCUT2D eigenvalue weighted by molar-refractivity contribution is -0.123. The standard InChI is InChI=1S/C23H28N4O2/c1-24(2)19-8-10-20(11-9-19)27-22(28)16-21(23(27)29)26-14-12-25(13-15-26)17-18-6-4-3-5-7-18/h3-11,21H,12-17H2,1-2H3/t21-/m1/s1. The highest BCUT2D eigenvalue weighted by Gasteiger charge is 2.43. The molecule has 4 rings (SSSR count). The quantitative estimate of drug-likeness (QED) is 0.730. The molecule has 2 aromatic carbocycles. The number of imide groups is 1. The summed E-state index contributed by atoms with van der Waals surface area (Å²) in [5.74, 6) is -0.201. The summed E-state index contributed by atoms with van der Waals surface area (Å²) < 4.78 is 0. The van der Waals surface area contributed by atoms with E-state index in [0.29, 0.717) is 5.69 Å². The second-order valence-corrected chi connectivity index (χ2v) is 8.00. The first kappa shape index (κ1) is 19.6. The van der Waals surface area contributed by atoms with Gasteiger partial charge in [0.05, 0.1) is 18.2 Å². The maximum atomic E-state index is 13.0. The van der Waals surface area contributed by atoms with Crippen LogP contribution < -0.4 is 9.80 Å². The molecule has 0 radical (unpaired) electrons. The minimum atomic E-state index is -0.338. The van der Waals surface area contributed by atoms with Crippen molar-refractivity contribution in [2.45, 2.75) is 19.0 Å². The Morgan fingerprint density at radius 2 is 1.55 bits per heavy atom. The molecule has 1 atom stereocenters. The van der Waals surface area contributed by atoms with E-state index in [-0.39, 0.29) is 24.3 Å². The van der Waals surface area contributed by atoms with Gasteiger partial charge in [-0.2, -0.15) is 0 Å². The normalized spacial score (nSPS) is 21.0. The molecule has 6 heteroatoms. The number of carbonyl (C=O) groups is 2. The van der Waals surface area contributed by atoms with Crippen molar-refractivity contribution in [3.8, 4) is 0 Å². The fraction of sp³-hybridized carbons (Fsp3) is 0.391. The third-order valence-corrected chi connectivity index (χ3v) is 5.84. The van der Waals surface area contributed by atoms with E-state index in [2.05, 4.69) is 34.1 Å². The summed E-state index contributed by atoms with van der Waals surface area (Å²) in [7, 11) is 3.93. The first-order chi connectivity index (χ1) is 14.0. The predicted molar refractivity (Wildman–Crippen MR) is 115 cm³/mol. The second kappa shape index (κ2) is 8.35. The SMILES string of the molecule is CN(C)c1ccc(N2C(=O)C[C@@H](N3CCN(Cc4ccccc4)CC3)C2=O)cc1. The summed E-state index contributed by atoms with van der Waals surface area (Å²) in [5.41, 5.74) is 3.01. The summed E-state index contributed by atoms with van der Waals surface area (Å²) in [5, 5.41) is 0. The Kier molecular flexibility index (Phi) is 5.65. The number of amides is 2. The van der Waals surface area contributed by atoms with Crippen molar-refractivity contribution in [1.29, 1.82) is 0 Å². The van der Waals surface area contributed by atoms with Gasteiger partial charge in [-0.1, -0.05) is 30.3 Å². The molecule has 2 aromatic rings. The molecule has 0 saturated carbocycles. The van der Waals surface area contributed by atoms with Crippen molar-refractivity contribution in [2.24, 2.45) is 0 Å². The fourth-order valence-electron chi connectivity index (χ4n) is 4.15. The lowest BCUT2D eigenvalue weighted by Gasteiger charge is -2.37. The average molecular weight is 393 g/mol. The van der Waals surface area contributed by atoms with Crippen LogP contribution in [0, 0.1) is 0 Å². The molecule has 2 saturated heterocycles. The number of rotatable bonds is 5. The van der Waals surface area contributed by atoms with Crippen LogP contribution in [0.15, 0.2) is 54.6 Å². The molecule has 0 bridgehead atoms. The highest BCUT2D eigenvalue weighted by molar-refractivity contribution is 6.22. The Balaban J connectivity index is 1.38. The number of hydrogen-bond acceptors (Lipinski definition) is 5. The minimum absolute atomic E-state index is 0.0934.